The number of nitrogens with one attached hydrogen (secondary N) is 1. The van der Waals surface area contributed by atoms with E-state index in [-0.39, 0.29) is 5.75 Å². The van der Waals surface area contributed by atoms with Gasteiger partial charge in [0.1, 0.15) is 0 Å². The molecule has 0 saturated carbocycles. The molecule has 1 aliphatic heterocycles. The first-order chi connectivity index (χ1) is 8.74. The number of β-amino-alcohol motifs (C(OH)–C–C–N with tert-alkyl or cyclic N) is 1. The van der Waals surface area contributed by atoms with Gasteiger partial charge in [-0.25, -0.2) is 8.42 Å². The Labute approximate surface area is 116 Å². The first kappa shape index (κ1) is 16.8. The van der Waals surface area contributed by atoms with Gasteiger partial charge in [-0.15, -0.1) is 0 Å². The quantitative estimate of drug-likeness (QED) is 0.608. The minimum Gasteiger partial charge on any atom is -0.389 e. The van der Waals surface area contributed by atoms with Gasteiger partial charge in [0, 0.05) is 39.3 Å². The summed E-state index contributed by atoms with van der Waals surface area (Å²) in [5.74, 6) is 0.159. The van der Waals surface area contributed by atoms with Crippen molar-refractivity contribution >= 4 is 10.0 Å². The molecule has 19 heavy (non-hydrogen) atoms. The van der Waals surface area contributed by atoms with Crippen molar-refractivity contribution < 1.29 is 13.5 Å². The highest BCUT2D eigenvalue weighted by Crippen LogP contribution is 2.11. The van der Waals surface area contributed by atoms with E-state index in [9.17, 15) is 13.5 Å². The van der Waals surface area contributed by atoms with Crippen LogP contribution in [0.4, 0.5) is 0 Å². The molecule has 0 aromatic rings. The molecule has 0 spiro atoms. The van der Waals surface area contributed by atoms with E-state index in [1.807, 2.05) is 6.92 Å². The lowest BCUT2D eigenvalue weighted by atomic mass is 10.1. The fraction of sp³-hybridized carbons (Fsp3) is 1.00. The Morgan fingerprint density at radius 2 is 1.79 bits per heavy atom. The van der Waals surface area contributed by atoms with Crippen LogP contribution in [0.3, 0.4) is 0 Å². The molecule has 1 rings (SSSR count). The molecule has 7 heteroatoms. The Hall–Kier alpha value is -0.210. The predicted octanol–water partition coefficient (Wildman–Crippen LogP) is -0.686. The average Bonchev–Trinajstić information content (AvgIpc) is 2.27. The van der Waals surface area contributed by atoms with Crippen molar-refractivity contribution in [2.45, 2.75) is 26.4 Å². The number of nitrogens with zero attached hydrogens (tertiary/aromatic N) is 2. The normalized spacial score (nSPS) is 19.8. The topological polar surface area (TPSA) is 72.9 Å². The highest BCUT2D eigenvalue weighted by Gasteiger charge is 2.28. The van der Waals surface area contributed by atoms with Crippen LogP contribution in [0, 0.1) is 0 Å². The fourth-order valence-electron chi connectivity index (χ4n) is 2.22. The summed E-state index contributed by atoms with van der Waals surface area (Å²) in [7, 11) is -3.14. The smallest absolute Gasteiger partial charge is 0.215 e. The fourth-order valence-corrected chi connectivity index (χ4v) is 3.60. The molecule has 0 aliphatic carbocycles. The predicted molar refractivity (Wildman–Crippen MR) is 76.6 cm³/mol. The van der Waals surface area contributed by atoms with Crippen LogP contribution in [0.25, 0.3) is 0 Å². The average molecular weight is 293 g/mol. The maximum Gasteiger partial charge on any atom is 0.215 e. The lowest BCUT2D eigenvalue weighted by Crippen LogP contribution is -2.52. The lowest BCUT2D eigenvalue weighted by Gasteiger charge is -2.36. The molecule has 1 aliphatic rings. The van der Waals surface area contributed by atoms with Gasteiger partial charge in [-0.2, -0.15) is 4.31 Å². The summed E-state index contributed by atoms with van der Waals surface area (Å²) in [5, 5.41) is 12.8. The van der Waals surface area contributed by atoms with Gasteiger partial charge in [-0.3, -0.25) is 4.90 Å². The van der Waals surface area contributed by atoms with Crippen LogP contribution in [-0.2, 0) is 10.0 Å². The van der Waals surface area contributed by atoms with Crippen molar-refractivity contribution in [3.8, 4) is 0 Å². The molecule has 0 aromatic carbocycles. The molecule has 0 bridgehead atoms. The van der Waals surface area contributed by atoms with Crippen LogP contribution in [0.2, 0.25) is 0 Å². The third-order valence-electron chi connectivity index (χ3n) is 3.12. The van der Waals surface area contributed by atoms with Crippen molar-refractivity contribution in [3.63, 3.8) is 0 Å². The molecular weight excluding hydrogens is 266 g/mol. The second kappa shape index (κ2) is 6.99. The minimum atomic E-state index is -3.14. The van der Waals surface area contributed by atoms with Gasteiger partial charge in [-0.1, -0.05) is 6.92 Å². The van der Waals surface area contributed by atoms with Gasteiger partial charge in [-0.05, 0) is 20.4 Å². The maximum absolute atomic E-state index is 12.1. The molecule has 0 amide bonds. The Bertz CT molecular complexity index is 357. The number of hydrogen-bond acceptors (Lipinski definition) is 5. The van der Waals surface area contributed by atoms with Crippen LogP contribution in [0.15, 0.2) is 0 Å². The SMILES string of the molecule is CCNCCS(=O)(=O)N1CCN(CC(C)(C)O)CC1. The summed E-state index contributed by atoms with van der Waals surface area (Å²) < 4.78 is 25.7. The van der Waals surface area contributed by atoms with E-state index in [2.05, 4.69) is 10.2 Å². The maximum atomic E-state index is 12.1. The van der Waals surface area contributed by atoms with Gasteiger partial charge in [0.25, 0.3) is 0 Å². The molecule has 0 atom stereocenters. The molecule has 0 unspecified atom stereocenters. The van der Waals surface area contributed by atoms with Crippen molar-refractivity contribution in [1.82, 2.24) is 14.5 Å². The van der Waals surface area contributed by atoms with Gasteiger partial charge in [0.15, 0.2) is 0 Å². The van der Waals surface area contributed by atoms with Gasteiger partial charge >= 0.3 is 0 Å². The number of sulfonamides is 1. The van der Waals surface area contributed by atoms with Gasteiger partial charge < -0.3 is 10.4 Å². The Balaban J connectivity index is 2.40. The molecule has 6 nitrogen and oxygen atoms in total. The third-order valence-corrected chi connectivity index (χ3v) is 4.99. The lowest BCUT2D eigenvalue weighted by molar-refractivity contribution is 0.0263. The molecule has 1 fully saturated rings. The number of aliphatic hydroxyl groups is 1. The standard InChI is InChI=1S/C12H27N3O3S/c1-4-13-5-10-19(17,18)15-8-6-14(7-9-15)11-12(2,3)16/h13,16H,4-11H2,1-3H3. The molecule has 114 valence electrons. The molecule has 1 heterocycles. The molecule has 1 saturated heterocycles. The van der Waals surface area contributed by atoms with E-state index in [0.717, 1.165) is 6.54 Å². The summed E-state index contributed by atoms with van der Waals surface area (Å²) in [6.07, 6.45) is 0. The number of hydrogen-bond donors (Lipinski definition) is 2. The summed E-state index contributed by atoms with van der Waals surface area (Å²) in [6, 6.07) is 0. The van der Waals surface area contributed by atoms with E-state index in [1.165, 1.54) is 0 Å². The molecule has 2 N–H and O–H groups in total. The Morgan fingerprint density at radius 3 is 2.26 bits per heavy atom. The van der Waals surface area contributed by atoms with Crippen molar-refractivity contribution in [3.05, 3.63) is 0 Å². The zero-order valence-electron chi connectivity index (χ0n) is 12.2. The summed E-state index contributed by atoms with van der Waals surface area (Å²) >= 11 is 0. The second-order valence-corrected chi connectivity index (χ2v) is 7.75. The van der Waals surface area contributed by atoms with Gasteiger partial charge in [0.05, 0.1) is 11.4 Å². The van der Waals surface area contributed by atoms with E-state index in [4.69, 9.17) is 0 Å². The second-order valence-electron chi connectivity index (χ2n) is 5.66. The Kier molecular flexibility index (Phi) is 6.19. The van der Waals surface area contributed by atoms with E-state index >= 15 is 0 Å². The third kappa shape index (κ3) is 6.18. The monoisotopic (exact) mass is 293 g/mol. The Morgan fingerprint density at radius 1 is 1.21 bits per heavy atom. The summed E-state index contributed by atoms with van der Waals surface area (Å²) in [6.45, 7) is 9.78. The summed E-state index contributed by atoms with van der Waals surface area (Å²) in [4.78, 5) is 2.11. The van der Waals surface area contributed by atoms with Crippen LogP contribution in [0.1, 0.15) is 20.8 Å². The highest BCUT2D eigenvalue weighted by atomic mass is 32.2. The first-order valence-electron chi connectivity index (χ1n) is 6.88. The van der Waals surface area contributed by atoms with Crippen LogP contribution in [0.5, 0.6) is 0 Å². The largest absolute Gasteiger partial charge is 0.389 e. The van der Waals surface area contributed by atoms with E-state index in [0.29, 0.717) is 39.3 Å². The van der Waals surface area contributed by atoms with Crippen molar-refractivity contribution in [2.24, 2.45) is 0 Å². The van der Waals surface area contributed by atoms with E-state index in [1.54, 1.807) is 18.2 Å². The molecule has 0 aromatic heterocycles. The van der Waals surface area contributed by atoms with Crippen molar-refractivity contribution in [1.29, 1.82) is 0 Å². The molecule has 0 radical (unpaired) electrons. The highest BCUT2D eigenvalue weighted by molar-refractivity contribution is 7.89. The van der Waals surface area contributed by atoms with Gasteiger partial charge in [0.2, 0.25) is 10.0 Å². The minimum absolute atomic E-state index is 0.159. The van der Waals surface area contributed by atoms with Crippen LogP contribution < -0.4 is 5.32 Å². The molecular formula is C12H27N3O3S. The van der Waals surface area contributed by atoms with E-state index < -0.39 is 15.6 Å². The zero-order valence-corrected chi connectivity index (χ0v) is 13.0. The van der Waals surface area contributed by atoms with Crippen molar-refractivity contribution in [2.75, 3.05) is 51.6 Å². The van der Waals surface area contributed by atoms with Crippen LogP contribution >= 0.6 is 0 Å². The number of rotatable bonds is 7. The number of piperazine rings is 1. The summed E-state index contributed by atoms with van der Waals surface area (Å²) in [5.41, 5.74) is -0.730. The zero-order chi connectivity index (χ0) is 14.5. The van der Waals surface area contributed by atoms with Crippen LogP contribution in [-0.4, -0.2) is 79.9 Å². The first-order valence-corrected chi connectivity index (χ1v) is 8.49.